The van der Waals surface area contributed by atoms with Gasteiger partial charge < -0.3 is 9.84 Å². The molecule has 0 amide bonds. The highest BCUT2D eigenvalue weighted by molar-refractivity contribution is 7.92. The second-order valence-corrected chi connectivity index (χ2v) is 7.57. The molecular formula is C18H18N2O7S. The number of nitro benzene ring substituents is 1. The fourth-order valence-corrected chi connectivity index (χ4v) is 3.81. The number of hydrogen-bond acceptors (Lipinski definition) is 6. The Morgan fingerprint density at radius 1 is 1.29 bits per heavy atom. The molecule has 0 aromatic heterocycles. The lowest BCUT2D eigenvalue weighted by Gasteiger charge is -2.23. The van der Waals surface area contributed by atoms with Crippen molar-refractivity contribution in [2.45, 2.75) is 11.8 Å². The number of rotatable bonds is 9. The van der Waals surface area contributed by atoms with Crippen LogP contribution in [0.2, 0.25) is 0 Å². The molecule has 2 aromatic carbocycles. The van der Waals surface area contributed by atoms with E-state index in [0.29, 0.717) is 10.1 Å². The summed E-state index contributed by atoms with van der Waals surface area (Å²) < 4.78 is 32.0. The largest absolute Gasteiger partial charge is 0.490 e. The minimum absolute atomic E-state index is 0.0802. The van der Waals surface area contributed by atoms with Gasteiger partial charge in [0.2, 0.25) is 0 Å². The van der Waals surface area contributed by atoms with Crippen LogP contribution in [0.3, 0.4) is 0 Å². The first-order valence-corrected chi connectivity index (χ1v) is 9.44. The molecule has 0 atom stereocenters. The number of nitro groups is 1. The van der Waals surface area contributed by atoms with Crippen LogP contribution in [0.15, 0.2) is 60.0 Å². The second kappa shape index (κ2) is 8.53. The Bertz CT molecular complexity index is 1000. The number of carboxylic acids is 1. The van der Waals surface area contributed by atoms with E-state index in [9.17, 15) is 23.3 Å². The van der Waals surface area contributed by atoms with Crippen LogP contribution in [-0.4, -0.2) is 37.6 Å². The minimum Gasteiger partial charge on any atom is -0.490 e. The molecule has 2 rings (SSSR count). The Morgan fingerprint density at radius 3 is 2.46 bits per heavy atom. The Kier molecular flexibility index (Phi) is 6.37. The van der Waals surface area contributed by atoms with E-state index in [1.807, 2.05) is 0 Å². The van der Waals surface area contributed by atoms with E-state index in [0.717, 1.165) is 6.07 Å². The van der Waals surface area contributed by atoms with Crippen molar-refractivity contribution in [1.29, 1.82) is 0 Å². The maximum Gasteiger partial charge on any atom is 0.324 e. The summed E-state index contributed by atoms with van der Waals surface area (Å²) in [7, 11) is -4.36. The molecule has 0 aliphatic rings. The second-order valence-electron chi connectivity index (χ2n) is 5.70. The first-order valence-electron chi connectivity index (χ1n) is 8.00. The highest BCUT2D eigenvalue weighted by Crippen LogP contribution is 2.29. The van der Waals surface area contributed by atoms with E-state index in [1.54, 1.807) is 6.08 Å². The number of carbonyl (C=O) groups is 1. The number of anilines is 1. The Morgan fingerprint density at radius 2 is 1.93 bits per heavy atom. The van der Waals surface area contributed by atoms with Crippen molar-refractivity contribution in [3.05, 3.63) is 70.8 Å². The van der Waals surface area contributed by atoms with Crippen LogP contribution < -0.4 is 9.04 Å². The standard InChI is InChI=1S/C18H18N2O7S/c1-3-10-27-15-7-5-14(6-8-15)19(12-18(21)22)28(25,26)16-9-4-13(2)17(11-16)20(23)24/h3-9,11H,1,10,12H2,2H3,(H,21,22). The fourth-order valence-electron chi connectivity index (χ4n) is 2.38. The van der Waals surface area contributed by atoms with Crippen LogP contribution in [-0.2, 0) is 14.8 Å². The lowest BCUT2D eigenvalue weighted by atomic mass is 10.2. The van der Waals surface area contributed by atoms with Gasteiger partial charge in [-0.05, 0) is 37.3 Å². The smallest absolute Gasteiger partial charge is 0.324 e. The summed E-state index contributed by atoms with van der Waals surface area (Å²) in [6.07, 6.45) is 1.54. The maximum atomic E-state index is 13.0. The molecule has 0 unspecified atom stereocenters. The van der Waals surface area contributed by atoms with E-state index in [-0.39, 0.29) is 28.4 Å². The minimum atomic E-state index is -4.36. The molecule has 0 bridgehead atoms. The third-order valence-corrected chi connectivity index (χ3v) is 5.51. The van der Waals surface area contributed by atoms with E-state index >= 15 is 0 Å². The van der Waals surface area contributed by atoms with Crippen molar-refractivity contribution in [2.75, 3.05) is 17.5 Å². The molecule has 0 saturated carbocycles. The van der Waals surface area contributed by atoms with Gasteiger partial charge in [-0.1, -0.05) is 18.7 Å². The highest BCUT2D eigenvalue weighted by Gasteiger charge is 2.29. The normalized spacial score (nSPS) is 10.9. The van der Waals surface area contributed by atoms with Crippen LogP contribution in [0.1, 0.15) is 5.56 Å². The van der Waals surface area contributed by atoms with Gasteiger partial charge >= 0.3 is 5.97 Å². The zero-order chi connectivity index (χ0) is 20.9. The number of sulfonamides is 1. The van der Waals surface area contributed by atoms with E-state index in [1.165, 1.54) is 43.3 Å². The SMILES string of the molecule is C=CCOc1ccc(N(CC(=O)O)S(=O)(=O)c2ccc(C)c([N+](=O)[O-])c2)cc1. The Balaban J connectivity index is 2.49. The van der Waals surface area contributed by atoms with Gasteiger partial charge in [0.25, 0.3) is 15.7 Å². The number of nitrogens with zero attached hydrogens (tertiary/aromatic N) is 2. The predicted octanol–water partition coefficient (Wildman–Crippen LogP) is 2.75. The van der Waals surface area contributed by atoms with E-state index in [2.05, 4.69) is 6.58 Å². The molecule has 0 fully saturated rings. The van der Waals surface area contributed by atoms with Crippen molar-refractivity contribution < 1.29 is 28.0 Å². The first kappa shape index (κ1) is 20.9. The third-order valence-electron chi connectivity index (χ3n) is 3.74. The van der Waals surface area contributed by atoms with Crippen LogP contribution in [0.5, 0.6) is 5.75 Å². The van der Waals surface area contributed by atoms with Crippen LogP contribution >= 0.6 is 0 Å². The highest BCUT2D eigenvalue weighted by atomic mass is 32.2. The average Bonchev–Trinajstić information content (AvgIpc) is 2.64. The van der Waals surface area contributed by atoms with Crippen molar-refractivity contribution >= 4 is 27.4 Å². The van der Waals surface area contributed by atoms with Gasteiger partial charge in [-0.3, -0.25) is 19.2 Å². The molecule has 0 radical (unpaired) electrons. The summed E-state index contributed by atoms with van der Waals surface area (Å²) in [6, 6.07) is 9.18. The Labute approximate surface area is 161 Å². The molecule has 1 N–H and O–H groups in total. The van der Waals surface area contributed by atoms with Crippen molar-refractivity contribution in [2.24, 2.45) is 0 Å². The molecule has 148 valence electrons. The summed E-state index contributed by atoms with van der Waals surface area (Å²) in [5.74, 6) is -0.931. The molecule has 0 aliphatic carbocycles. The third kappa shape index (κ3) is 4.65. The molecule has 9 nitrogen and oxygen atoms in total. The molecule has 0 aliphatic heterocycles. The summed E-state index contributed by atoms with van der Waals surface area (Å²) >= 11 is 0. The van der Waals surface area contributed by atoms with Crippen LogP contribution in [0.25, 0.3) is 0 Å². The average molecular weight is 406 g/mol. The fraction of sp³-hybridized carbons (Fsp3) is 0.167. The van der Waals surface area contributed by atoms with Gasteiger partial charge in [-0.25, -0.2) is 8.42 Å². The van der Waals surface area contributed by atoms with Crippen molar-refractivity contribution in [1.82, 2.24) is 0 Å². The molecule has 0 spiro atoms. The lowest BCUT2D eigenvalue weighted by molar-refractivity contribution is -0.385. The molecule has 2 aromatic rings. The number of hydrogen-bond donors (Lipinski definition) is 1. The first-order chi connectivity index (χ1) is 13.2. The van der Waals surface area contributed by atoms with Crippen LogP contribution in [0, 0.1) is 17.0 Å². The van der Waals surface area contributed by atoms with E-state index in [4.69, 9.17) is 9.84 Å². The quantitative estimate of drug-likeness (QED) is 0.385. The summed E-state index contributed by atoms with van der Waals surface area (Å²) in [4.78, 5) is 21.3. The summed E-state index contributed by atoms with van der Waals surface area (Å²) in [6.45, 7) is 4.40. The maximum absolute atomic E-state index is 13.0. The van der Waals surface area contributed by atoms with Gasteiger partial charge in [0.1, 0.15) is 18.9 Å². The molecular weight excluding hydrogens is 388 g/mol. The van der Waals surface area contributed by atoms with Gasteiger partial charge in [-0.2, -0.15) is 0 Å². The number of ether oxygens (including phenoxy) is 1. The zero-order valence-corrected chi connectivity index (χ0v) is 15.8. The zero-order valence-electron chi connectivity index (χ0n) is 14.9. The van der Waals surface area contributed by atoms with Gasteiger partial charge in [0.05, 0.1) is 15.5 Å². The van der Waals surface area contributed by atoms with E-state index < -0.39 is 27.5 Å². The molecule has 28 heavy (non-hydrogen) atoms. The van der Waals surface area contributed by atoms with Crippen LogP contribution in [0.4, 0.5) is 11.4 Å². The monoisotopic (exact) mass is 406 g/mol. The number of benzene rings is 2. The Hall–Kier alpha value is -3.40. The summed E-state index contributed by atoms with van der Waals surface area (Å²) in [5.41, 5.74) is -0.00133. The van der Waals surface area contributed by atoms with Gasteiger partial charge in [0.15, 0.2) is 0 Å². The van der Waals surface area contributed by atoms with Gasteiger partial charge in [-0.15, -0.1) is 0 Å². The number of aliphatic carboxylic acids is 1. The summed E-state index contributed by atoms with van der Waals surface area (Å²) in [5, 5.41) is 20.3. The molecule has 0 heterocycles. The van der Waals surface area contributed by atoms with Crippen molar-refractivity contribution in [3.63, 3.8) is 0 Å². The topological polar surface area (TPSA) is 127 Å². The molecule has 10 heteroatoms. The molecule has 0 saturated heterocycles. The van der Waals surface area contributed by atoms with Gasteiger partial charge in [0, 0.05) is 11.6 Å². The lowest BCUT2D eigenvalue weighted by Crippen LogP contribution is -2.35. The number of carboxylic acid groups (broad SMARTS) is 1. The van der Waals surface area contributed by atoms with Crippen molar-refractivity contribution in [3.8, 4) is 5.75 Å². The number of aryl methyl sites for hydroxylation is 1. The predicted molar refractivity (Wildman–Crippen MR) is 102 cm³/mol.